The van der Waals surface area contributed by atoms with Crippen molar-refractivity contribution in [2.24, 2.45) is 5.73 Å². The highest BCUT2D eigenvalue weighted by molar-refractivity contribution is 4.88. The monoisotopic (exact) mass is 147 g/mol. The Kier molecular flexibility index (Phi) is 1.46. The quantitative estimate of drug-likeness (QED) is 0.312. The zero-order chi connectivity index (χ0) is 7.56. The molecule has 0 aliphatic carbocycles. The molecule has 0 spiro atoms. The van der Waals surface area contributed by atoms with Crippen molar-refractivity contribution < 1.29 is 9.87 Å². The Morgan fingerprint density at radius 1 is 2.00 bits per heavy atom. The molecule has 0 amide bonds. The molecule has 1 aliphatic heterocycles. The Morgan fingerprint density at radius 2 is 2.70 bits per heavy atom. The molecule has 0 unspecified atom stereocenters. The molecule has 1 rings (SSSR count). The van der Waals surface area contributed by atoms with E-state index < -0.39 is 5.03 Å². The van der Waals surface area contributed by atoms with Gasteiger partial charge in [-0.05, 0) is 11.1 Å². The van der Waals surface area contributed by atoms with Gasteiger partial charge < -0.3 is 10.6 Å². The van der Waals surface area contributed by atoms with Gasteiger partial charge in [0, 0.05) is 0 Å². The Labute approximate surface area is 55.2 Å². The van der Waals surface area contributed by atoms with E-state index in [1.165, 1.54) is 0 Å². The lowest BCUT2D eigenvalue weighted by atomic mass is 10.8. The molecule has 0 aromatic carbocycles. The average molecular weight is 147 g/mol. The Balaban J connectivity index is 2.43. The number of rotatable bonds is 2. The number of hydrogen-bond donors (Lipinski definition) is 3. The van der Waals surface area contributed by atoms with Gasteiger partial charge in [-0.1, -0.05) is 0 Å². The maximum atomic E-state index is 9.78. The van der Waals surface area contributed by atoms with Crippen LogP contribution in [0.1, 0.15) is 0 Å². The molecular formula is C2H5N5O3. The molecular weight excluding hydrogens is 142 g/mol. The van der Waals surface area contributed by atoms with Crippen LogP contribution in [0.2, 0.25) is 0 Å². The zero-order valence-electron chi connectivity index (χ0n) is 4.77. The number of nitrogens with zero attached hydrogens (tertiary/aromatic N) is 2. The highest BCUT2D eigenvalue weighted by Crippen LogP contribution is 1.95. The van der Waals surface area contributed by atoms with E-state index in [-0.39, 0.29) is 5.82 Å². The molecule has 0 aromatic rings. The highest BCUT2D eigenvalue weighted by Gasteiger charge is 2.16. The van der Waals surface area contributed by atoms with Gasteiger partial charge >= 0.3 is 0 Å². The summed E-state index contributed by atoms with van der Waals surface area (Å²) < 4.78 is 0. The summed E-state index contributed by atoms with van der Waals surface area (Å²) in [4.78, 5) is 14.2. The van der Waals surface area contributed by atoms with E-state index in [1.54, 1.807) is 5.53 Å². The van der Waals surface area contributed by atoms with Crippen LogP contribution in [0, 0.1) is 10.1 Å². The molecule has 56 valence electrons. The number of hydrogen-bond acceptors (Lipinski definition) is 6. The summed E-state index contributed by atoms with van der Waals surface area (Å²) in [6.07, 6.45) is 1.12. The van der Waals surface area contributed by atoms with Crippen molar-refractivity contribution in [3.63, 3.8) is 0 Å². The van der Waals surface area contributed by atoms with Crippen LogP contribution in [0.4, 0.5) is 0 Å². The summed E-state index contributed by atoms with van der Waals surface area (Å²) >= 11 is 0. The topological polar surface area (TPSA) is 106 Å². The van der Waals surface area contributed by atoms with Crippen molar-refractivity contribution in [1.82, 2.24) is 16.2 Å². The molecule has 8 nitrogen and oxygen atoms in total. The van der Waals surface area contributed by atoms with Crippen LogP contribution >= 0.6 is 0 Å². The van der Waals surface area contributed by atoms with E-state index in [4.69, 9.17) is 5.73 Å². The van der Waals surface area contributed by atoms with E-state index in [2.05, 4.69) is 10.4 Å². The number of nitrogens with two attached hydrogens (primary N) is 1. The van der Waals surface area contributed by atoms with Crippen molar-refractivity contribution in [3.05, 3.63) is 22.2 Å². The fourth-order valence-corrected chi connectivity index (χ4v) is 0.405. The first-order valence-corrected chi connectivity index (χ1v) is 2.28. The van der Waals surface area contributed by atoms with Crippen molar-refractivity contribution in [2.75, 3.05) is 0 Å². The predicted molar refractivity (Wildman–Crippen MR) is 28.5 cm³/mol. The second-order valence-electron chi connectivity index (χ2n) is 1.44. The maximum absolute atomic E-state index is 9.78. The Hall–Kier alpha value is -1.70. The van der Waals surface area contributed by atoms with Gasteiger partial charge in [-0.25, -0.2) is 10.1 Å². The summed E-state index contributed by atoms with van der Waals surface area (Å²) in [6.45, 7) is 0. The van der Waals surface area contributed by atoms with E-state index in [0.29, 0.717) is 0 Å². The molecule has 0 saturated heterocycles. The van der Waals surface area contributed by atoms with Crippen molar-refractivity contribution >= 4 is 0 Å². The minimum atomic E-state index is -0.775. The van der Waals surface area contributed by atoms with E-state index in [9.17, 15) is 10.1 Å². The third kappa shape index (κ3) is 1.17. The van der Waals surface area contributed by atoms with E-state index >= 15 is 0 Å². The predicted octanol–water partition coefficient (Wildman–Crippen LogP) is -1.81. The molecule has 10 heavy (non-hydrogen) atoms. The normalized spacial score (nSPS) is 16.0. The average Bonchev–Trinajstić information content (AvgIpc) is 2.15. The smallest absolute Gasteiger partial charge is 0.182 e. The van der Waals surface area contributed by atoms with Crippen LogP contribution in [0.15, 0.2) is 12.1 Å². The first-order chi connectivity index (χ1) is 4.70. The summed E-state index contributed by atoms with van der Waals surface area (Å²) in [5.74, 6) is 0.0803. The number of nitrogens with one attached hydrogen (secondary N) is 2. The van der Waals surface area contributed by atoms with E-state index in [0.717, 1.165) is 11.4 Å². The standard InChI is InChI=1S/C2H5N5O3/c3-2-1-10-5-6(2)4-7(8)9/h1,4-5H,3H2. The van der Waals surface area contributed by atoms with Gasteiger partial charge in [0.1, 0.15) is 0 Å². The molecule has 0 radical (unpaired) electrons. The van der Waals surface area contributed by atoms with Crippen LogP contribution in [0.25, 0.3) is 0 Å². The van der Waals surface area contributed by atoms with Crippen molar-refractivity contribution in [2.45, 2.75) is 0 Å². The summed E-state index contributed by atoms with van der Waals surface area (Å²) in [5.41, 5.74) is 8.98. The molecule has 1 heterocycles. The lowest BCUT2D eigenvalue weighted by Gasteiger charge is -2.10. The first kappa shape index (κ1) is 6.42. The molecule has 0 aromatic heterocycles. The largest absolute Gasteiger partial charge is 0.391 e. The molecule has 0 atom stereocenters. The fourth-order valence-electron chi connectivity index (χ4n) is 0.405. The first-order valence-electron chi connectivity index (χ1n) is 2.28. The zero-order valence-corrected chi connectivity index (χ0v) is 4.77. The van der Waals surface area contributed by atoms with Gasteiger partial charge in [0.2, 0.25) is 0 Å². The van der Waals surface area contributed by atoms with Crippen molar-refractivity contribution in [1.29, 1.82) is 0 Å². The highest BCUT2D eigenvalue weighted by atomic mass is 16.7. The SMILES string of the molecule is NC1=CONN1N[N+](=O)[O-]. The molecule has 0 saturated carbocycles. The molecule has 4 N–H and O–H groups in total. The van der Waals surface area contributed by atoms with Crippen molar-refractivity contribution in [3.8, 4) is 0 Å². The minimum Gasteiger partial charge on any atom is -0.391 e. The Morgan fingerprint density at radius 3 is 3.10 bits per heavy atom. The number of hydrazine groups is 3. The van der Waals surface area contributed by atoms with Crippen LogP contribution in [0.5, 0.6) is 0 Å². The second-order valence-corrected chi connectivity index (χ2v) is 1.44. The van der Waals surface area contributed by atoms with Gasteiger partial charge in [-0.15, -0.1) is 5.12 Å². The van der Waals surface area contributed by atoms with Gasteiger partial charge in [0.05, 0.1) is 0 Å². The summed E-state index contributed by atoms with van der Waals surface area (Å²) in [6, 6.07) is 0. The lowest BCUT2D eigenvalue weighted by Crippen LogP contribution is -2.47. The summed E-state index contributed by atoms with van der Waals surface area (Å²) in [7, 11) is 0. The molecule has 0 fully saturated rings. The third-order valence-corrected chi connectivity index (χ3v) is 0.764. The lowest BCUT2D eigenvalue weighted by molar-refractivity contribution is -0.581. The fraction of sp³-hybridized carbons (Fsp3) is 0. The van der Waals surface area contributed by atoms with Gasteiger partial charge in [0.15, 0.2) is 17.1 Å². The second kappa shape index (κ2) is 2.27. The Bertz CT molecular complexity index is 178. The van der Waals surface area contributed by atoms with Crippen LogP contribution in [-0.2, 0) is 4.84 Å². The molecule has 1 aliphatic rings. The minimum absolute atomic E-state index is 0.0803. The van der Waals surface area contributed by atoms with Crippen LogP contribution < -0.4 is 16.9 Å². The molecule has 0 bridgehead atoms. The number of nitro groups is 1. The van der Waals surface area contributed by atoms with Gasteiger partial charge in [-0.3, -0.25) is 0 Å². The van der Waals surface area contributed by atoms with E-state index in [1.807, 2.05) is 0 Å². The van der Waals surface area contributed by atoms with Crippen LogP contribution in [0.3, 0.4) is 0 Å². The summed E-state index contributed by atoms with van der Waals surface area (Å²) in [5, 5.41) is 9.82. The van der Waals surface area contributed by atoms with Gasteiger partial charge in [0.25, 0.3) is 0 Å². The van der Waals surface area contributed by atoms with Gasteiger partial charge in [-0.2, -0.15) is 0 Å². The van der Waals surface area contributed by atoms with Crippen LogP contribution in [-0.4, -0.2) is 10.2 Å². The third-order valence-electron chi connectivity index (χ3n) is 0.764. The molecule has 8 heteroatoms. The maximum Gasteiger partial charge on any atom is 0.182 e.